The molecule has 0 saturated carbocycles. The van der Waals surface area contributed by atoms with Gasteiger partial charge < -0.3 is 5.73 Å². The summed E-state index contributed by atoms with van der Waals surface area (Å²) in [4.78, 5) is 4.15. The fourth-order valence-electron chi connectivity index (χ4n) is 1.50. The molecule has 66 valence electrons. The van der Waals surface area contributed by atoms with Gasteiger partial charge >= 0.3 is 0 Å². The molecule has 2 aromatic rings. The van der Waals surface area contributed by atoms with Crippen LogP contribution in [0.1, 0.15) is 11.1 Å². The molecular formula is C11H12N2. The fraction of sp³-hybridized carbons (Fsp3) is 0.182. The van der Waals surface area contributed by atoms with Gasteiger partial charge in [-0.3, -0.25) is 4.98 Å². The van der Waals surface area contributed by atoms with Gasteiger partial charge in [0, 0.05) is 24.3 Å². The zero-order chi connectivity index (χ0) is 9.26. The number of rotatable bonds is 1. The number of nitrogens with zero attached hydrogens (tertiary/aromatic N) is 1. The van der Waals surface area contributed by atoms with Crippen LogP contribution in [0.5, 0.6) is 0 Å². The molecule has 0 aliphatic heterocycles. The SMILES string of the molecule is Cc1cncc2cc(CN)ccc12. The molecule has 0 radical (unpaired) electrons. The highest BCUT2D eigenvalue weighted by Crippen LogP contribution is 2.17. The van der Waals surface area contributed by atoms with Gasteiger partial charge in [-0.05, 0) is 29.5 Å². The van der Waals surface area contributed by atoms with E-state index in [0.717, 1.165) is 5.56 Å². The van der Waals surface area contributed by atoms with Crippen LogP contribution in [-0.4, -0.2) is 4.98 Å². The van der Waals surface area contributed by atoms with Gasteiger partial charge in [-0.25, -0.2) is 0 Å². The smallest absolute Gasteiger partial charge is 0.0346 e. The molecule has 13 heavy (non-hydrogen) atoms. The molecule has 0 atom stereocenters. The van der Waals surface area contributed by atoms with Crippen LogP contribution in [0.25, 0.3) is 10.8 Å². The average Bonchev–Trinajstić information content (AvgIpc) is 2.18. The standard InChI is InChI=1S/C11H12N2/c1-8-6-13-7-10-4-9(5-12)2-3-11(8)10/h2-4,6-7H,5,12H2,1H3. The van der Waals surface area contributed by atoms with Crippen molar-refractivity contribution in [2.24, 2.45) is 5.73 Å². The second-order valence-electron chi connectivity index (χ2n) is 3.22. The molecule has 0 fully saturated rings. The molecule has 0 unspecified atom stereocenters. The van der Waals surface area contributed by atoms with Gasteiger partial charge in [0.15, 0.2) is 0 Å². The van der Waals surface area contributed by atoms with Crippen molar-refractivity contribution in [1.29, 1.82) is 0 Å². The van der Waals surface area contributed by atoms with E-state index in [1.54, 1.807) is 0 Å². The van der Waals surface area contributed by atoms with Crippen LogP contribution >= 0.6 is 0 Å². The molecule has 0 amide bonds. The maximum absolute atomic E-state index is 5.56. The Bertz CT molecular complexity index is 435. The lowest BCUT2D eigenvalue weighted by atomic mass is 10.1. The number of aryl methyl sites for hydroxylation is 1. The summed E-state index contributed by atoms with van der Waals surface area (Å²) in [6, 6.07) is 6.26. The van der Waals surface area contributed by atoms with Crippen LogP contribution in [0.2, 0.25) is 0 Å². The van der Waals surface area contributed by atoms with Gasteiger partial charge in [0.05, 0.1) is 0 Å². The highest BCUT2D eigenvalue weighted by Gasteiger charge is 1.97. The molecule has 0 aliphatic rings. The summed E-state index contributed by atoms with van der Waals surface area (Å²) < 4.78 is 0. The van der Waals surface area contributed by atoms with Gasteiger partial charge in [-0.1, -0.05) is 12.1 Å². The van der Waals surface area contributed by atoms with Crippen molar-refractivity contribution >= 4 is 10.8 Å². The van der Waals surface area contributed by atoms with E-state index in [1.165, 1.54) is 16.3 Å². The first-order chi connectivity index (χ1) is 6.31. The van der Waals surface area contributed by atoms with Crippen molar-refractivity contribution in [2.45, 2.75) is 13.5 Å². The third-order valence-electron chi connectivity index (χ3n) is 2.26. The predicted octanol–water partition coefficient (Wildman–Crippen LogP) is 2.00. The van der Waals surface area contributed by atoms with Crippen molar-refractivity contribution in [3.8, 4) is 0 Å². The van der Waals surface area contributed by atoms with Crippen LogP contribution in [0.3, 0.4) is 0 Å². The van der Waals surface area contributed by atoms with E-state index in [0.29, 0.717) is 6.54 Å². The van der Waals surface area contributed by atoms with E-state index in [-0.39, 0.29) is 0 Å². The number of pyridine rings is 1. The fourth-order valence-corrected chi connectivity index (χ4v) is 1.50. The van der Waals surface area contributed by atoms with E-state index in [2.05, 4.69) is 30.1 Å². The number of fused-ring (bicyclic) bond motifs is 1. The minimum Gasteiger partial charge on any atom is -0.326 e. The Balaban J connectivity index is 2.72. The maximum Gasteiger partial charge on any atom is 0.0346 e. The number of aromatic nitrogens is 1. The van der Waals surface area contributed by atoms with Crippen LogP contribution in [0.4, 0.5) is 0 Å². The van der Waals surface area contributed by atoms with Gasteiger partial charge in [0.1, 0.15) is 0 Å². The van der Waals surface area contributed by atoms with Crippen LogP contribution in [0, 0.1) is 6.92 Å². The van der Waals surface area contributed by atoms with Gasteiger partial charge in [-0.15, -0.1) is 0 Å². The summed E-state index contributed by atoms with van der Waals surface area (Å²) in [6.45, 7) is 2.65. The van der Waals surface area contributed by atoms with Crippen LogP contribution in [0.15, 0.2) is 30.6 Å². The minimum atomic E-state index is 0.587. The zero-order valence-electron chi connectivity index (χ0n) is 7.62. The lowest BCUT2D eigenvalue weighted by molar-refractivity contribution is 1.07. The first-order valence-electron chi connectivity index (χ1n) is 4.34. The normalized spacial score (nSPS) is 10.6. The highest BCUT2D eigenvalue weighted by atomic mass is 14.6. The third-order valence-corrected chi connectivity index (χ3v) is 2.26. The maximum atomic E-state index is 5.56. The summed E-state index contributed by atoms with van der Waals surface area (Å²) in [6.07, 6.45) is 3.76. The summed E-state index contributed by atoms with van der Waals surface area (Å²) in [5.41, 5.74) is 7.92. The molecule has 1 aromatic heterocycles. The van der Waals surface area contributed by atoms with Crippen molar-refractivity contribution < 1.29 is 0 Å². The van der Waals surface area contributed by atoms with Crippen molar-refractivity contribution in [2.75, 3.05) is 0 Å². The van der Waals surface area contributed by atoms with Gasteiger partial charge in [0.25, 0.3) is 0 Å². The highest BCUT2D eigenvalue weighted by molar-refractivity contribution is 5.85. The topological polar surface area (TPSA) is 38.9 Å². The Morgan fingerprint density at radius 2 is 2.15 bits per heavy atom. The number of nitrogens with two attached hydrogens (primary N) is 1. The molecule has 2 rings (SSSR count). The van der Waals surface area contributed by atoms with Crippen LogP contribution in [-0.2, 0) is 6.54 Å². The lowest BCUT2D eigenvalue weighted by Gasteiger charge is -2.02. The predicted molar refractivity (Wildman–Crippen MR) is 54.4 cm³/mol. The Labute approximate surface area is 77.4 Å². The number of hydrogen-bond acceptors (Lipinski definition) is 2. The zero-order valence-corrected chi connectivity index (χ0v) is 7.62. The quantitative estimate of drug-likeness (QED) is 0.714. The van der Waals surface area contributed by atoms with E-state index < -0.39 is 0 Å². The van der Waals surface area contributed by atoms with E-state index in [9.17, 15) is 0 Å². The Morgan fingerprint density at radius 3 is 2.92 bits per heavy atom. The second-order valence-corrected chi connectivity index (χ2v) is 3.22. The Kier molecular flexibility index (Phi) is 1.99. The van der Waals surface area contributed by atoms with E-state index in [1.807, 2.05) is 12.4 Å². The summed E-state index contributed by atoms with van der Waals surface area (Å²) in [5, 5.41) is 2.43. The Morgan fingerprint density at radius 1 is 1.31 bits per heavy atom. The van der Waals surface area contributed by atoms with Crippen molar-refractivity contribution in [3.05, 3.63) is 41.7 Å². The largest absolute Gasteiger partial charge is 0.326 e. The van der Waals surface area contributed by atoms with Crippen molar-refractivity contribution in [3.63, 3.8) is 0 Å². The summed E-state index contributed by atoms with van der Waals surface area (Å²) in [7, 11) is 0. The monoisotopic (exact) mass is 172 g/mol. The van der Waals surface area contributed by atoms with Gasteiger partial charge in [0.2, 0.25) is 0 Å². The molecule has 0 spiro atoms. The number of hydrogen-bond donors (Lipinski definition) is 1. The van der Waals surface area contributed by atoms with Gasteiger partial charge in [-0.2, -0.15) is 0 Å². The minimum absolute atomic E-state index is 0.587. The summed E-state index contributed by atoms with van der Waals surface area (Å²) >= 11 is 0. The van der Waals surface area contributed by atoms with Crippen LogP contribution < -0.4 is 5.73 Å². The second kappa shape index (κ2) is 3.15. The average molecular weight is 172 g/mol. The molecule has 0 saturated heterocycles. The molecule has 1 heterocycles. The molecule has 1 aromatic carbocycles. The summed E-state index contributed by atoms with van der Waals surface area (Å²) in [5.74, 6) is 0. The Hall–Kier alpha value is -1.41. The van der Waals surface area contributed by atoms with E-state index in [4.69, 9.17) is 5.73 Å². The lowest BCUT2D eigenvalue weighted by Crippen LogP contribution is -1.95. The molecular weight excluding hydrogens is 160 g/mol. The first kappa shape index (κ1) is 8.20. The molecule has 0 bridgehead atoms. The van der Waals surface area contributed by atoms with E-state index >= 15 is 0 Å². The molecule has 2 heteroatoms. The number of benzene rings is 1. The molecule has 2 nitrogen and oxygen atoms in total. The molecule has 0 aliphatic carbocycles. The first-order valence-corrected chi connectivity index (χ1v) is 4.34. The third kappa shape index (κ3) is 1.40. The van der Waals surface area contributed by atoms with Crippen molar-refractivity contribution in [1.82, 2.24) is 4.98 Å². The molecule has 2 N–H and O–H groups in total.